The van der Waals surface area contributed by atoms with Crippen LogP contribution in [0, 0.1) is 0 Å². The molecule has 0 aliphatic carbocycles. The zero-order valence-electron chi connectivity index (χ0n) is 10.3. The van der Waals surface area contributed by atoms with Crippen LogP contribution in [0.2, 0.25) is 5.15 Å². The van der Waals surface area contributed by atoms with E-state index in [0.717, 1.165) is 18.3 Å². The molecule has 0 spiro atoms. The standard InChI is InChI=1S/C12H8ClF3N4O/c13-10-5-7(3-4-17-10)19-11(21)20-8-1-2-9(18-6-8)12(14,15)16/h1-6H,(H2,17,19,20,21). The minimum absolute atomic E-state index is 0.126. The van der Waals surface area contributed by atoms with E-state index in [9.17, 15) is 18.0 Å². The molecule has 2 amide bonds. The number of pyridine rings is 2. The Kier molecular flexibility index (Phi) is 4.27. The first-order chi connectivity index (χ1) is 9.84. The SMILES string of the molecule is O=C(Nc1ccc(C(F)(F)F)nc1)Nc1ccnc(Cl)c1. The molecule has 0 radical (unpaired) electrons. The lowest BCUT2D eigenvalue weighted by atomic mass is 10.3. The van der Waals surface area contributed by atoms with Crippen LogP contribution >= 0.6 is 11.6 Å². The fourth-order valence-electron chi connectivity index (χ4n) is 1.41. The van der Waals surface area contributed by atoms with Crippen molar-refractivity contribution in [3.05, 3.63) is 47.5 Å². The minimum Gasteiger partial charge on any atom is -0.308 e. The van der Waals surface area contributed by atoms with Crippen molar-refractivity contribution in [1.82, 2.24) is 9.97 Å². The summed E-state index contributed by atoms with van der Waals surface area (Å²) in [6.07, 6.45) is -2.20. The number of anilines is 2. The van der Waals surface area contributed by atoms with Gasteiger partial charge in [0, 0.05) is 11.9 Å². The predicted molar refractivity (Wildman–Crippen MR) is 71.1 cm³/mol. The van der Waals surface area contributed by atoms with Crippen LogP contribution in [-0.2, 0) is 6.18 Å². The van der Waals surface area contributed by atoms with Crippen molar-refractivity contribution < 1.29 is 18.0 Å². The Hall–Kier alpha value is -2.35. The number of amides is 2. The number of urea groups is 1. The molecule has 9 heteroatoms. The molecule has 110 valence electrons. The first kappa shape index (κ1) is 15.0. The number of hydrogen-bond donors (Lipinski definition) is 2. The number of aromatic nitrogens is 2. The van der Waals surface area contributed by atoms with Gasteiger partial charge in [0.05, 0.1) is 11.9 Å². The Morgan fingerprint density at radius 3 is 2.38 bits per heavy atom. The third kappa shape index (κ3) is 4.32. The number of carbonyl (C=O) groups is 1. The fraction of sp³-hybridized carbons (Fsp3) is 0.0833. The highest BCUT2D eigenvalue weighted by atomic mass is 35.5. The van der Waals surface area contributed by atoms with Crippen molar-refractivity contribution in [2.45, 2.75) is 6.18 Å². The molecule has 0 bridgehead atoms. The van der Waals surface area contributed by atoms with Gasteiger partial charge in [-0.05, 0) is 24.3 Å². The molecule has 2 aromatic rings. The minimum atomic E-state index is -4.52. The van der Waals surface area contributed by atoms with Crippen LogP contribution in [0.25, 0.3) is 0 Å². The summed E-state index contributed by atoms with van der Waals surface area (Å²) in [7, 11) is 0. The molecule has 0 saturated heterocycles. The van der Waals surface area contributed by atoms with Gasteiger partial charge in [-0.2, -0.15) is 13.2 Å². The maximum absolute atomic E-state index is 12.3. The van der Waals surface area contributed by atoms with Crippen molar-refractivity contribution in [1.29, 1.82) is 0 Å². The van der Waals surface area contributed by atoms with Crippen LogP contribution in [-0.4, -0.2) is 16.0 Å². The summed E-state index contributed by atoms with van der Waals surface area (Å²) in [4.78, 5) is 18.6. The van der Waals surface area contributed by atoms with Gasteiger partial charge < -0.3 is 10.6 Å². The molecule has 0 aliphatic heterocycles. The molecule has 2 rings (SSSR count). The smallest absolute Gasteiger partial charge is 0.308 e. The number of rotatable bonds is 2. The quantitative estimate of drug-likeness (QED) is 0.828. The average Bonchev–Trinajstić information content (AvgIpc) is 2.38. The van der Waals surface area contributed by atoms with Gasteiger partial charge >= 0.3 is 12.2 Å². The summed E-state index contributed by atoms with van der Waals surface area (Å²) < 4.78 is 37.0. The largest absolute Gasteiger partial charge is 0.433 e. The Labute approximate surface area is 122 Å². The highest BCUT2D eigenvalue weighted by Gasteiger charge is 2.32. The first-order valence-corrected chi connectivity index (χ1v) is 5.95. The molecule has 2 heterocycles. The van der Waals surface area contributed by atoms with E-state index in [0.29, 0.717) is 5.69 Å². The summed E-state index contributed by atoms with van der Waals surface area (Å²) in [5.74, 6) is 0. The van der Waals surface area contributed by atoms with Crippen molar-refractivity contribution in [3.8, 4) is 0 Å². The molecular weight excluding hydrogens is 309 g/mol. The van der Waals surface area contributed by atoms with E-state index in [1.807, 2.05) is 0 Å². The van der Waals surface area contributed by atoms with Gasteiger partial charge in [0.25, 0.3) is 0 Å². The molecule has 2 N–H and O–H groups in total. The van der Waals surface area contributed by atoms with E-state index >= 15 is 0 Å². The fourth-order valence-corrected chi connectivity index (χ4v) is 1.58. The van der Waals surface area contributed by atoms with Crippen molar-refractivity contribution >= 4 is 29.0 Å². The van der Waals surface area contributed by atoms with Gasteiger partial charge in [-0.25, -0.2) is 14.8 Å². The van der Waals surface area contributed by atoms with Gasteiger partial charge in [-0.15, -0.1) is 0 Å². The summed E-state index contributed by atoms with van der Waals surface area (Å²) in [5.41, 5.74) is -0.512. The summed E-state index contributed by atoms with van der Waals surface area (Å²) >= 11 is 5.65. The van der Waals surface area contributed by atoms with Crippen molar-refractivity contribution in [2.75, 3.05) is 10.6 Å². The Bertz CT molecular complexity index is 646. The predicted octanol–water partition coefficient (Wildman–Crippen LogP) is 3.79. The Balaban J connectivity index is 2.00. The molecule has 21 heavy (non-hydrogen) atoms. The highest BCUT2D eigenvalue weighted by molar-refractivity contribution is 6.29. The van der Waals surface area contributed by atoms with Crippen LogP contribution < -0.4 is 10.6 Å². The number of hydrogen-bond acceptors (Lipinski definition) is 3. The Morgan fingerprint density at radius 1 is 1.10 bits per heavy atom. The first-order valence-electron chi connectivity index (χ1n) is 5.57. The summed E-state index contributed by atoms with van der Waals surface area (Å²) in [6.45, 7) is 0. The molecule has 2 aromatic heterocycles. The van der Waals surface area contributed by atoms with E-state index in [1.165, 1.54) is 18.3 Å². The third-order valence-electron chi connectivity index (χ3n) is 2.30. The number of carbonyl (C=O) groups excluding carboxylic acids is 1. The molecule has 0 fully saturated rings. The molecule has 0 aliphatic rings. The number of alkyl halides is 3. The number of nitrogens with zero attached hydrogens (tertiary/aromatic N) is 2. The summed E-state index contributed by atoms with van der Waals surface area (Å²) in [5, 5.41) is 4.99. The van der Waals surface area contributed by atoms with Gasteiger partial charge in [-0.3, -0.25) is 0 Å². The van der Waals surface area contributed by atoms with E-state index < -0.39 is 17.9 Å². The summed E-state index contributed by atoms with van der Waals surface area (Å²) in [6, 6.07) is 4.18. The van der Waals surface area contributed by atoms with E-state index in [-0.39, 0.29) is 10.8 Å². The molecule has 0 unspecified atom stereocenters. The molecule has 0 atom stereocenters. The van der Waals surface area contributed by atoms with Gasteiger partial charge in [0.15, 0.2) is 0 Å². The Morgan fingerprint density at radius 2 is 1.81 bits per heavy atom. The maximum atomic E-state index is 12.3. The second kappa shape index (κ2) is 5.96. The van der Waals surface area contributed by atoms with Crippen LogP contribution in [0.4, 0.5) is 29.3 Å². The highest BCUT2D eigenvalue weighted by Crippen LogP contribution is 2.27. The van der Waals surface area contributed by atoms with E-state index in [2.05, 4.69) is 20.6 Å². The van der Waals surface area contributed by atoms with Crippen LogP contribution in [0.5, 0.6) is 0 Å². The number of nitrogens with one attached hydrogen (secondary N) is 2. The lowest BCUT2D eigenvalue weighted by molar-refractivity contribution is -0.141. The zero-order valence-corrected chi connectivity index (χ0v) is 11.0. The van der Waals surface area contributed by atoms with Crippen molar-refractivity contribution in [2.24, 2.45) is 0 Å². The van der Waals surface area contributed by atoms with Crippen molar-refractivity contribution in [3.63, 3.8) is 0 Å². The topological polar surface area (TPSA) is 66.9 Å². The van der Waals surface area contributed by atoms with Crippen LogP contribution in [0.1, 0.15) is 5.69 Å². The zero-order chi connectivity index (χ0) is 15.5. The third-order valence-corrected chi connectivity index (χ3v) is 2.50. The van der Waals surface area contributed by atoms with Crippen LogP contribution in [0.3, 0.4) is 0 Å². The van der Waals surface area contributed by atoms with Gasteiger partial charge in [-0.1, -0.05) is 11.6 Å². The molecule has 5 nitrogen and oxygen atoms in total. The molecule has 0 saturated carbocycles. The lowest BCUT2D eigenvalue weighted by Gasteiger charge is -2.09. The second-order valence-corrected chi connectivity index (χ2v) is 4.26. The van der Waals surface area contributed by atoms with Gasteiger partial charge in [0.2, 0.25) is 0 Å². The maximum Gasteiger partial charge on any atom is 0.433 e. The number of halogens is 4. The normalized spacial score (nSPS) is 11.0. The lowest BCUT2D eigenvalue weighted by Crippen LogP contribution is -2.19. The second-order valence-electron chi connectivity index (χ2n) is 3.88. The van der Waals surface area contributed by atoms with E-state index in [1.54, 1.807) is 0 Å². The van der Waals surface area contributed by atoms with Gasteiger partial charge in [0.1, 0.15) is 10.8 Å². The molecular formula is C12H8ClF3N4O. The van der Waals surface area contributed by atoms with E-state index in [4.69, 9.17) is 11.6 Å². The monoisotopic (exact) mass is 316 g/mol. The van der Waals surface area contributed by atoms with Crippen LogP contribution in [0.15, 0.2) is 36.7 Å². The average molecular weight is 317 g/mol. The molecule has 0 aromatic carbocycles.